The van der Waals surface area contributed by atoms with Crippen LogP contribution >= 0.6 is 15.9 Å². The monoisotopic (exact) mass is 1020 g/mol. The van der Waals surface area contributed by atoms with Crippen molar-refractivity contribution in [3.05, 3.63) is 141 Å². The molecule has 4 aliphatic carbocycles. The fraction of sp³-hybridized carbons (Fsp3) is 0.667. The van der Waals surface area contributed by atoms with Gasteiger partial charge in [0.25, 0.3) is 22.2 Å². The van der Waals surface area contributed by atoms with Crippen molar-refractivity contribution in [2.75, 3.05) is 0 Å². The van der Waals surface area contributed by atoms with Gasteiger partial charge in [-0.3, -0.25) is 55.7 Å². The molecule has 0 bridgehead atoms. The second-order valence-corrected chi connectivity index (χ2v) is 19.4. The fourth-order valence-corrected chi connectivity index (χ4v) is 10.4. The number of aryl methyl sites for hydroxylation is 1. The lowest BCUT2D eigenvalue weighted by Crippen LogP contribution is -2.41. The number of aromatic nitrogens is 8. The van der Waals surface area contributed by atoms with Crippen molar-refractivity contribution in [3.8, 4) is 0 Å². The summed E-state index contributed by atoms with van der Waals surface area (Å²) in [5.74, 6) is 0. The normalized spacial score (nSPS) is 17.0. The van der Waals surface area contributed by atoms with Gasteiger partial charge in [-0.05, 0) is 63.8 Å². The maximum atomic E-state index is 12.1. The molecule has 378 valence electrons. The van der Waals surface area contributed by atoms with E-state index in [1.807, 2.05) is 0 Å². The molecule has 0 aromatic carbocycles. The molecule has 20 nitrogen and oxygen atoms in total. The Morgan fingerprint density at radius 1 is 0.493 bits per heavy atom. The highest BCUT2D eigenvalue weighted by molar-refractivity contribution is 9.08. The van der Waals surface area contributed by atoms with Crippen molar-refractivity contribution in [2.45, 2.75) is 178 Å². The predicted octanol–water partition coefficient (Wildman–Crippen LogP) is 5.68. The second kappa shape index (κ2) is 25.9. The molecule has 4 heterocycles. The van der Waals surface area contributed by atoms with Crippen LogP contribution < -0.4 is 50.7 Å². The molecule has 0 saturated heterocycles. The maximum Gasteiger partial charge on any atom is 0.330 e. The van der Waals surface area contributed by atoms with Gasteiger partial charge in [-0.25, -0.2) is 19.2 Å². The van der Waals surface area contributed by atoms with E-state index >= 15 is 0 Å². The Labute approximate surface area is 408 Å². The van der Waals surface area contributed by atoms with Crippen molar-refractivity contribution >= 4 is 15.9 Å². The van der Waals surface area contributed by atoms with Crippen molar-refractivity contribution in [1.29, 1.82) is 0 Å². The Hall–Kier alpha value is -5.53. The van der Waals surface area contributed by atoms with Gasteiger partial charge < -0.3 is 5.73 Å². The topological polar surface area (TPSA) is 251 Å². The third-order valence-electron chi connectivity index (χ3n) is 14.2. The summed E-state index contributed by atoms with van der Waals surface area (Å²) in [7, 11) is 6.08. The van der Waals surface area contributed by atoms with Crippen LogP contribution in [0.15, 0.2) is 68.3 Å². The summed E-state index contributed by atoms with van der Waals surface area (Å²) in [6, 6.07) is 0.929. The van der Waals surface area contributed by atoms with E-state index in [0.717, 1.165) is 86.2 Å². The minimum Gasteiger partial charge on any atom is -0.326 e. The number of nitrogens with two attached hydrogens (primary N) is 1. The summed E-state index contributed by atoms with van der Waals surface area (Å²) in [6.45, 7) is 1.93. The van der Waals surface area contributed by atoms with Crippen LogP contribution in [0.4, 0.5) is 0 Å². The third kappa shape index (κ3) is 13.4. The van der Waals surface area contributed by atoms with E-state index in [9.17, 15) is 38.4 Å². The molecule has 0 spiro atoms. The second-order valence-electron chi connectivity index (χ2n) is 18.9. The first kappa shape index (κ1) is 54.4. The first-order valence-corrected chi connectivity index (χ1v) is 25.7. The molecule has 69 heavy (non-hydrogen) atoms. The van der Waals surface area contributed by atoms with E-state index in [4.69, 9.17) is 11.3 Å². The Morgan fingerprint density at radius 3 is 1.12 bits per heavy atom. The summed E-state index contributed by atoms with van der Waals surface area (Å²) in [5.41, 5.74) is 14.1. The molecule has 4 fully saturated rings. The number of hydrogen-bond donors (Lipinski definition) is 1. The van der Waals surface area contributed by atoms with E-state index in [1.165, 1.54) is 74.6 Å². The molecule has 21 heteroatoms. The molecule has 0 radical (unpaired) electrons. The number of alkyl halides is 1. The van der Waals surface area contributed by atoms with Crippen LogP contribution in [-0.4, -0.2) is 36.5 Å². The average Bonchev–Trinajstić information content (AvgIpc) is 3.38. The molecule has 4 aromatic rings. The number of halogens is 1. The number of rotatable bonds is 8. The fourth-order valence-electron chi connectivity index (χ4n) is 10.0. The van der Waals surface area contributed by atoms with E-state index in [2.05, 4.69) is 26.0 Å². The first-order valence-electron chi connectivity index (χ1n) is 24.5. The first-order chi connectivity index (χ1) is 33.1. The lowest BCUT2D eigenvalue weighted by Gasteiger charge is -2.24. The Balaban J connectivity index is 0.000000172. The molecule has 0 atom stereocenters. The SMILES string of the molecule is Cc1cn(C2CCCCC2)c(=O)n(C)c1=O.Cn1c(=O)c(CBr)cn(C2CCCCC2)c1=O.Cn1c(=O)c(CN)cn(C2CCCCC2)c1=O.Cn1c(=O)c(CN=[N+]=[N-])cn(C2CCCCC2)c1=O. The standard InChI is InChI=1S/C12H17BrN2O2.C12H17N5O2.C12H19N3O2.C12H18N2O2/c1-14-11(16)9(7-13)8-15(12(14)17)10-5-3-2-4-6-10;1-16-11(18)9(7-14-15-13)8-17(12(16)19)10-5-3-2-4-6-10;1-14-11(16)9(7-13)8-15(12(14)17)10-5-3-2-4-6-10;1-9-8-14(10-6-4-3-5-7-10)12(16)13(2)11(9)15/h8,10H,2-7H2,1H3;8,10H,2-7H2,1H3;8,10H,2-7,13H2,1H3;8,10H,3-7H2,1-2H3. The minimum atomic E-state index is -0.385. The van der Waals surface area contributed by atoms with Gasteiger partial charge >= 0.3 is 22.8 Å². The van der Waals surface area contributed by atoms with Crippen LogP contribution in [0.25, 0.3) is 10.4 Å². The third-order valence-corrected chi connectivity index (χ3v) is 14.8. The Bertz CT molecular complexity index is 2830. The Kier molecular flexibility index (Phi) is 20.4. The van der Waals surface area contributed by atoms with Gasteiger partial charge in [-0.15, -0.1) is 0 Å². The van der Waals surface area contributed by atoms with Gasteiger partial charge in [-0.2, -0.15) is 0 Å². The molecular formula is C48H71BrN12O8. The molecule has 0 unspecified atom stereocenters. The lowest BCUT2D eigenvalue weighted by molar-refractivity contribution is 0.336. The molecule has 4 aromatic heterocycles. The lowest BCUT2D eigenvalue weighted by atomic mass is 9.95. The van der Waals surface area contributed by atoms with E-state index in [1.54, 1.807) is 64.1 Å². The molecule has 2 N–H and O–H groups in total. The van der Waals surface area contributed by atoms with Gasteiger partial charge in [0.2, 0.25) is 0 Å². The van der Waals surface area contributed by atoms with Crippen molar-refractivity contribution in [1.82, 2.24) is 36.5 Å². The van der Waals surface area contributed by atoms with Crippen LogP contribution in [-0.2, 0) is 46.6 Å². The van der Waals surface area contributed by atoms with Crippen molar-refractivity contribution < 1.29 is 0 Å². The van der Waals surface area contributed by atoms with Gasteiger partial charge in [0, 0.05) is 116 Å². The number of hydrogen-bond acceptors (Lipinski definition) is 10. The summed E-state index contributed by atoms with van der Waals surface area (Å²) >= 11 is 3.30. The summed E-state index contributed by atoms with van der Waals surface area (Å²) in [6.07, 6.45) is 29.0. The molecule has 0 amide bonds. The van der Waals surface area contributed by atoms with Crippen LogP contribution in [0.1, 0.15) is 175 Å². The van der Waals surface area contributed by atoms with Crippen LogP contribution in [0.3, 0.4) is 0 Å². The van der Waals surface area contributed by atoms with Gasteiger partial charge in [0.1, 0.15) is 0 Å². The highest BCUT2D eigenvalue weighted by Gasteiger charge is 2.22. The smallest absolute Gasteiger partial charge is 0.326 e. The summed E-state index contributed by atoms with van der Waals surface area (Å²) < 4.78 is 11.5. The summed E-state index contributed by atoms with van der Waals surface area (Å²) in [4.78, 5) is 97.8. The Morgan fingerprint density at radius 2 is 0.783 bits per heavy atom. The highest BCUT2D eigenvalue weighted by Crippen LogP contribution is 2.29. The molecule has 0 aliphatic heterocycles. The van der Waals surface area contributed by atoms with Crippen LogP contribution in [0.2, 0.25) is 0 Å². The van der Waals surface area contributed by atoms with E-state index in [0.29, 0.717) is 27.6 Å². The summed E-state index contributed by atoms with van der Waals surface area (Å²) in [5, 5.41) is 3.90. The maximum absolute atomic E-state index is 12.1. The molecule has 4 saturated carbocycles. The van der Waals surface area contributed by atoms with E-state index < -0.39 is 0 Å². The molecular weight excluding hydrogens is 953 g/mol. The van der Waals surface area contributed by atoms with Crippen molar-refractivity contribution in [3.63, 3.8) is 0 Å². The van der Waals surface area contributed by atoms with Crippen LogP contribution in [0.5, 0.6) is 0 Å². The average molecular weight is 1020 g/mol. The van der Waals surface area contributed by atoms with Gasteiger partial charge in [0.05, 0.1) is 6.54 Å². The largest absolute Gasteiger partial charge is 0.330 e. The highest BCUT2D eigenvalue weighted by atomic mass is 79.9. The van der Waals surface area contributed by atoms with Gasteiger partial charge in [-0.1, -0.05) is 98.1 Å². The zero-order valence-electron chi connectivity index (χ0n) is 41.0. The van der Waals surface area contributed by atoms with Crippen molar-refractivity contribution in [2.24, 2.45) is 39.0 Å². The molecule has 4 aliphatic rings. The molecule has 8 rings (SSSR count). The van der Waals surface area contributed by atoms with Gasteiger partial charge in [0.15, 0.2) is 0 Å². The zero-order chi connectivity index (χ0) is 50.4. The minimum absolute atomic E-state index is 0.0177. The quantitative estimate of drug-likeness (QED) is 0.0985. The van der Waals surface area contributed by atoms with Crippen LogP contribution in [0, 0.1) is 6.92 Å². The number of azide groups is 1. The number of nitrogens with zero attached hydrogens (tertiary/aromatic N) is 11. The predicted molar refractivity (Wildman–Crippen MR) is 270 cm³/mol. The zero-order valence-corrected chi connectivity index (χ0v) is 42.6. The van der Waals surface area contributed by atoms with E-state index in [-0.39, 0.29) is 82.3 Å².